The van der Waals surface area contributed by atoms with Crippen molar-refractivity contribution in [2.24, 2.45) is 5.10 Å². The number of rotatable bonds is 4. The highest BCUT2D eigenvalue weighted by Gasteiger charge is 2.26. The van der Waals surface area contributed by atoms with Gasteiger partial charge < -0.3 is 9.47 Å². The molecular formula is C22H18N2O4. The van der Waals surface area contributed by atoms with Gasteiger partial charge in [0.1, 0.15) is 17.2 Å². The van der Waals surface area contributed by atoms with Crippen molar-refractivity contribution in [2.45, 2.75) is 12.8 Å². The van der Waals surface area contributed by atoms with E-state index in [0.29, 0.717) is 11.4 Å². The Balaban J connectivity index is 1.57. The lowest BCUT2D eigenvalue weighted by atomic mass is 10.1. The molecule has 0 aliphatic carbocycles. The van der Waals surface area contributed by atoms with Gasteiger partial charge >= 0.3 is 5.97 Å². The zero-order chi connectivity index (χ0) is 19.5. The number of hydrogen-bond acceptors (Lipinski definition) is 5. The summed E-state index contributed by atoms with van der Waals surface area (Å²) in [4.78, 5) is 24.8. The zero-order valence-corrected chi connectivity index (χ0v) is 15.3. The summed E-state index contributed by atoms with van der Waals surface area (Å²) in [6.45, 7) is 0. The molecule has 0 fully saturated rings. The van der Waals surface area contributed by atoms with Gasteiger partial charge in [-0.15, -0.1) is 0 Å². The minimum absolute atomic E-state index is 0.152. The molecule has 3 aromatic rings. The van der Waals surface area contributed by atoms with Crippen LogP contribution >= 0.6 is 0 Å². The molecule has 4 rings (SSSR count). The third kappa shape index (κ3) is 3.57. The number of hydrogen-bond donors (Lipinski definition) is 0. The van der Waals surface area contributed by atoms with Crippen LogP contribution in [0, 0.1) is 0 Å². The van der Waals surface area contributed by atoms with Crippen molar-refractivity contribution in [3.05, 3.63) is 66.7 Å². The quantitative estimate of drug-likeness (QED) is 0.512. The van der Waals surface area contributed by atoms with E-state index in [1.807, 2.05) is 42.5 Å². The van der Waals surface area contributed by atoms with Gasteiger partial charge in [0.05, 0.1) is 12.8 Å². The van der Waals surface area contributed by atoms with Gasteiger partial charge in [0.25, 0.3) is 0 Å². The molecule has 0 saturated carbocycles. The van der Waals surface area contributed by atoms with Crippen LogP contribution in [0.15, 0.2) is 71.8 Å². The molecule has 1 aliphatic heterocycles. The molecule has 6 heteroatoms. The summed E-state index contributed by atoms with van der Waals surface area (Å²) in [5, 5.41) is 7.39. The first-order valence-electron chi connectivity index (χ1n) is 8.89. The highest BCUT2D eigenvalue weighted by atomic mass is 16.5. The van der Waals surface area contributed by atoms with Crippen molar-refractivity contribution in [3.8, 4) is 11.5 Å². The molecule has 140 valence electrons. The Morgan fingerprint density at radius 2 is 1.64 bits per heavy atom. The van der Waals surface area contributed by atoms with Crippen molar-refractivity contribution in [3.63, 3.8) is 0 Å². The summed E-state index contributed by atoms with van der Waals surface area (Å²) in [6.07, 6.45) is 0.458. The summed E-state index contributed by atoms with van der Waals surface area (Å²) in [5.74, 6) is 0.428. The first-order valence-corrected chi connectivity index (χ1v) is 8.89. The lowest BCUT2D eigenvalue weighted by Crippen LogP contribution is -2.35. The Morgan fingerprint density at radius 1 is 0.929 bits per heavy atom. The zero-order valence-electron chi connectivity index (χ0n) is 15.3. The lowest BCUT2D eigenvalue weighted by molar-refractivity contribution is -0.127. The molecule has 28 heavy (non-hydrogen) atoms. The van der Waals surface area contributed by atoms with E-state index in [-0.39, 0.29) is 24.5 Å². The molecule has 1 amide bonds. The first kappa shape index (κ1) is 17.7. The Bertz CT molecular complexity index is 1080. The van der Waals surface area contributed by atoms with Crippen molar-refractivity contribution >= 4 is 34.0 Å². The van der Waals surface area contributed by atoms with E-state index < -0.39 is 5.97 Å². The SMILES string of the molecule is COc1ccc2ccc(OC(=O)C3=NN(c4ccccc4)C(=O)CC3)cc2c1. The summed E-state index contributed by atoms with van der Waals surface area (Å²) >= 11 is 0. The summed E-state index contributed by atoms with van der Waals surface area (Å²) in [5.41, 5.74) is 0.837. The average Bonchev–Trinajstić information content (AvgIpc) is 2.74. The topological polar surface area (TPSA) is 68.2 Å². The highest BCUT2D eigenvalue weighted by Crippen LogP contribution is 2.26. The van der Waals surface area contributed by atoms with Gasteiger partial charge in [-0.2, -0.15) is 5.10 Å². The molecule has 3 aromatic carbocycles. The molecule has 0 radical (unpaired) electrons. The summed E-state index contributed by atoms with van der Waals surface area (Å²) in [7, 11) is 1.60. The standard InChI is InChI=1S/C22H18N2O4/c1-27-18-9-7-15-8-10-19(14-16(15)13-18)28-22(26)20-11-12-21(25)24(23-20)17-5-3-2-4-6-17/h2-10,13-14H,11-12H2,1H3. The molecule has 0 saturated heterocycles. The van der Waals surface area contributed by atoms with Gasteiger partial charge in [-0.3, -0.25) is 4.79 Å². The fourth-order valence-electron chi connectivity index (χ4n) is 3.03. The first-order chi connectivity index (χ1) is 13.6. The molecule has 0 bridgehead atoms. The highest BCUT2D eigenvalue weighted by molar-refractivity contribution is 6.38. The molecular weight excluding hydrogens is 356 g/mol. The Morgan fingerprint density at radius 3 is 2.39 bits per heavy atom. The maximum Gasteiger partial charge on any atom is 0.359 e. The van der Waals surface area contributed by atoms with Crippen LogP contribution in [0.4, 0.5) is 5.69 Å². The minimum Gasteiger partial charge on any atom is -0.497 e. The number of amides is 1. The van der Waals surface area contributed by atoms with Crippen LogP contribution in [0.2, 0.25) is 0 Å². The van der Waals surface area contributed by atoms with Crippen LogP contribution in [0.25, 0.3) is 10.8 Å². The normalized spacial score (nSPS) is 14.0. The number of carbonyl (C=O) groups is 2. The molecule has 0 spiro atoms. The second-order valence-corrected chi connectivity index (χ2v) is 6.35. The maximum atomic E-state index is 12.6. The van der Waals surface area contributed by atoms with E-state index in [1.54, 1.807) is 31.4 Å². The number of hydrazone groups is 1. The van der Waals surface area contributed by atoms with Gasteiger partial charge in [-0.25, -0.2) is 9.80 Å². The number of anilines is 1. The molecule has 0 N–H and O–H groups in total. The molecule has 0 aromatic heterocycles. The van der Waals surface area contributed by atoms with Crippen molar-refractivity contribution in [1.29, 1.82) is 0 Å². The number of para-hydroxylation sites is 1. The van der Waals surface area contributed by atoms with Crippen LogP contribution < -0.4 is 14.5 Å². The van der Waals surface area contributed by atoms with E-state index >= 15 is 0 Å². The van der Waals surface area contributed by atoms with Gasteiger partial charge in [0.15, 0.2) is 0 Å². The fourth-order valence-corrected chi connectivity index (χ4v) is 3.03. The number of fused-ring (bicyclic) bond motifs is 1. The van der Waals surface area contributed by atoms with E-state index in [2.05, 4.69) is 5.10 Å². The van der Waals surface area contributed by atoms with Crippen molar-refractivity contribution in [1.82, 2.24) is 0 Å². The van der Waals surface area contributed by atoms with Crippen LogP contribution in [0.1, 0.15) is 12.8 Å². The number of methoxy groups -OCH3 is 1. The predicted octanol–water partition coefficient (Wildman–Crippen LogP) is 3.94. The van der Waals surface area contributed by atoms with Crippen LogP contribution in [-0.2, 0) is 9.59 Å². The monoisotopic (exact) mass is 374 g/mol. The largest absolute Gasteiger partial charge is 0.497 e. The summed E-state index contributed by atoms with van der Waals surface area (Å²) < 4.78 is 10.7. The second kappa shape index (κ2) is 7.52. The smallest absolute Gasteiger partial charge is 0.359 e. The van der Waals surface area contributed by atoms with E-state index in [1.165, 1.54) is 5.01 Å². The lowest BCUT2D eigenvalue weighted by Gasteiger charge is -2.22. The van der Waals surface area contributed by atoms with Crippen molar-refractivity contribution < 1.29 is 19.1 Å². The number of ether oxygens (including phenoxy) is 2. The van der Waals surface area contributed by atoms with E-state index in [0.717, 1.165) is 16.5 Å². The minimum atomic E-state index is -0.560. The third-order valence-electron chi connectivity index (χ3n) is 4.50. The molecule has 0 atom stereocenters. The van der Waals surface area contributed by atoms with E-state index in [4.69, 9.17) is 9.47 Å². The predicted molar refractivity (Wildman–Crippen MR) is 107 cm³/mol. The van der Waals surface area contributed by atoms with Gasteiger partial charge in [-0.05, 0) is 47.2 Å². The van der Waals surface area contributed by atoms with Gasteiger partial charge in [0, 0.05) is 12.8 Å². The Labute approximate surface area is 162 Å². The van der Waals surface area contributed by atoms with Crippen LogP contribution in [0.3, 0.4) is 0 Å². The molecule has 1 aliphatic rings. The fraction of sp³-hybridized carbons (Fsp3) is 0.136. The van der Waals surface area contributed by atoms with E-state index in [9.17, 15) is 9.59 Å². The molecule has 1 heterocycles. The second-order valence-electron chi connectivity index (χ2n) is 6.35. The van der Waals surface area contributed by atoms with Gasteiger partial charge in [0.2, 0.25) is 5.91 Å². The van der Waals surface area contributed by atoms with Crippen LogP contribution in [-0.4, -0.2) is 24.7 Å². The number of esters is 1. The van der Waals surface area contributed by atoms with Gasteiger partial charge in [-0.1, -0.05) is 30.3 Å². The maximum absolute atomic E-state index is 12.6. The number of nitrogens with zero attached hydrogens (tertiary/aromatic N) is 2. The Hall–Kier alpha value is -3.67. The van der Waals surface area contributed by atoms with Crippen LogP contribution in [0.5, 0.6) is 11.5 Å². The molecule has 6 nitrogen and oxygen atoms in total. The summed E-state index contributed by atoms with van der Waals surface area (Å²) in [6, 6.07) is 20.1. The number of benzene rings is 3. The Kier molecular flexibility index (Phi) is 4.76. The van der Waals surface area contributed by atoms with Crippen molar-refractivity contribution in [2.75, 3.05) is 12.1 Å². The number of carbonyl (C=O) groups excluding carboxylic acids is 2. The average molecular weight is 374 g/mol. The third-order valence-corrected chi connectivity index (χ3v) is 4.50. The molecule has 0 unspecified atom stereocenters.